The summed E-state index contributed by atoms with van der Waals surface area (Å²) in [5.41, 5.74) is 0. The molecule has 2 saturated heterocycles. The predicted octanol–water partition coefficient (Wildman–Crippen LogP) is 1.73. The van der Waals surface area contributed by atoms with Crippen molar-refractivity contribution >= 4 is 0 Å². The highest BCUT2D eigenvalue weighted by atomic mass is 16.5. The first-order valence-corrected chi connectivity index (χ1v) is 7.33. The Kier molecular flexibility index (Phi) is 5.26. The fourth-order valence-corrected chi connectivity index (χ4v) is 3.09. The van der Waals surface area contributed by atoms with Gasteiger partial charge >= 0.3 is 0 Å². The van der Waals surface area contributed by atoms with E-state index in [9.17, 15) is 0 Å². The second-order valence-corrected chi connectivity index (χ2v) is 5.71. The molecule has 0 aliphatic carbocycles. The fourth-order valence-electron chi connectivity index (χ4n) is 3.09. The van der Waals surface area contributed by atoms with Gasteiger partial charge in [-0.3, -0.25) is 4.90 Å². The molecule has 0 bridgehead atoms. The van der Waals surface area contributed by atoms with Crippen molar-refractivity contribution in [2.24, 2.45) is 11.8 Å². The summed E-state index contributed by atoms with van der Waals surface area (Å²) >= 11 is 0. The van der Waals surface area contributed by atoms with E-state index in [1.54, 1.807) is 0 Å². The van der Waals surface area contributed by atoms with Gasteiger partial charge < -0.3 is 10.1 Å². The molecule has 17 heavy (non-hydrogen) atoms. The number of piperazine rings is 1. The van der Waals surface area contributed by atoms with E-state index in [2.05, 4.69) is 24.1 Å². The third-order valence-corrected chi connectivity index (χ3v) is 4.53. The normalized spacial score (nSPS) is 30.4. The number of ether oxygens (including phenoxy) is 1. The molecular formula is C14H28N2O. The van der Waals surface area contributed by atoms with Crippen LogP contribution in [0.2, 0.25) is 0 Å². The summed E-state index contributed by atoms with van der Waals surface area (Å²) in [4.78, 5) is 2.74. The quantitative estimate of drug-likeness (QED) is 0.810. The summed E-state index contributed by atoms with van der Waals surface area (Å²) in [6, 6.07) is 0.747. The van der Waals surface area contributed by atoms with Crippen molar-refractivity contribution in [3.63, 3.8) is 0 Å². The molecule has 0 spiro atoms. The van der Waals surface area contributed by atoms with Crippen LogP contribution in [0.1, 0.15) is 33.1 Å². The minimum absolute atomic E-state index is 0.747. The van der Waals surface area contributed by atoms with Gasteiger partial charge in [0, 0.05) is 45.4 Å². The monoisotopic (exact) mass is 240 g/mol. The Balaban J connectivity index is 1.86. The predicted molar refractivity (Wildman–Crippen MR) is 71.2 cm³/mol. The van der Waals surface area contributed by atoms with E-state index in [0.29, 0.717) is 0 Å². The summed E-state index contributed by atoms with van der Waals surface area (Å²) < 4.78 is 5.45. The zero-order chi connectivity index (χ0) is 12.1. The molecule has 100 valence electrons. The molecule has 3 nitrogen and oxygen atoms in total. The van der Waals surface area contributed by atoms with E-state index in [0.717, 1.165) is 37.6 Å². The van der Waals surface area contributed by atoms with Crippen LogP contribution in [0.15, 0.2) is 0 Å². The third kappa shape index (κ3) is 3.67. The molecule has 2 rings (SSSR count). The van der Waals surface area contributed by atoms with Crippen LogP contribution in [0.25, 0.3) is 0 Å². The van der Waals surface area contributed by atoms with Crippen LogP contribution >= 0.6 is 0 Å². The first-order valence-electron chi connectivity index (χ1n) is 7.33. The van der Waals surface area contributed by atoms with Crippen molar-refractivity contribution in [1.29, 1.82) is 0 Å². The van der Waals surface area contributed by atoms with Crippen LogP contribution in [-0.4, -0.2) is 50.3 Å². The van der Waals surface area contributed by atoms with E-state index in [1.807, 2.05) is 0 Å². The Morgan fingerprint density at radius 3 is 2.82 bits per heavy atom. The van der Waals surface area contributed by atoms with Gasteiger partial charge in [0.2, 0.25) is 0 Å². The van der Waals surface area contributed by atoms with Gasteiger partial charge in [0.25, 0.3) is 0 Å². The van der Waals surface area contributed by atoms with Gasteiger partial charge in [-0.1, -0.05) is 20.3 Å². The van der Waals surface area contributed by atoms with E-state index in [4.69, 9.17) is 4.74 Å². The molecule has 2 aliphatic heterocycles. The first-order chi connectivity index (χ1) is 8.31. The van der Waals surface area contributed by atoms with Gasteiger partial charge in [-0.15, -0.1) is 0 Å². The number of hydrogen-bond donors (Lipinski definition) is 1. The van der Waals surface area contributed by atoms with E-state index in [1.165, 1.54) is 38.9 Å². The van der Waals surface area contributed by atoms with Gasteiger partial charge in [0.1, 0.15) is 0 Å². The lowest BCUT2D eigenvalue weighted by molar-refractivity contribution is 0.0326. The minimum Gasteiger partial charge on any atom is -0.381 e. The van der Waals surface area contributed by atoms with Gasteiger partial charge in [-0.25, -0.2) is 0 Å². The largest absolute Gasteiger partial charge is 0.381 e. The fraction of sp³-hybridized carbons (Fsp3) is 1.00. The number of nitrogens with zero attached hydrogens (tertiary/aromatic N) is 1. The summed E-state index contributed by atoms with van der Waals surface area (Å²) in [7, 11) is 0. The van der Waals surface area contributed by atoms with Crippen molar-refractivity contribution in [1.82, 2.24) is 10.2 Å². The molecular weight excluding hydrogens is 212 g/mol. The highest BCUT2D eigenvalue weighted by Gasteiger charge is 2.28. The lowest BCUT2D eigenvalue weighted by Crippen LogP contribution is -2.55. The molecule has 2 fully saturated rings. The van der Waals surface area contributed by atoms with Crippen LogP contribution in [0, 0.1) is 11.8 Å². The van der Waals surface area contributed by atoms with Crippen molar-refractivity contribution in [3.8, 4) is 0 Å². The topological polar surface area (TPSA) is 24.5 Å². The van der Waals surface area contributed by atoms with Gasteiger partial charge in [-0.05, 0) is 24.7 Å². The summed E-state index contributed by atoms with van der Waals surface area (Å²) in [5.74, 6) is 1.68. The standard InChI is InChI=1S/C14H28N2O/c1-3-12(2)14-10-15-6-7-16(14)11-13-4-8-17-9-5-13/h12-15H,3-11H2,1-2H3. The Morgan fingerprint density at radius 2 is 2.12 bits per heavy atom. The Labute approximate surface area is 106 Å². The zero-order valence-corrected chi connectivity index (χ0v) is 11.5. The number of hydrogen-bond acceptors (Lipinski definition) is 3. The van der Waals surface area contributed by atoms with Gasteiger partial charge in [0.15, 0.2) is 0 Å². The second-order valence-electron chi connectivity index (χ2n) is 5.71. The van der Waals surface area contributed by atoms with E-state index >= 15 is 0 Å². The maximum absolute atomic E-state index is 5.45. The van der Waals surface area contributed by atoms with Gasteiger partial charge in [0.05, 0.1) is 0 Å². The van der Waals surface area contributed by atoms with Gasteiger partial charge in [-0.2, -0.15) is 0 Å². The summed E-state index contributed by atoms with van der Waals surface area (Å²) in [6.45, 7) is 11.5. The van der Waals surface area contributed by atoms with E-state index in [-0.39, 0.29) is 0 Å². The summed E-state index contributed by atoms with van der Waals surface area (Å²) in [5, 5.41) is 3.55. The van der Waals surface area contributed by atoms with Crippen LogP contribution in [0.5, 0.6) is 0 Å². The van der Waals surface area contributed by atoms with Crippen LogP contribution in [0.3, 0.4) is 0 Å². The molecule has 2 unspecified atom stereocenters. The molecule has 0 radical (unpaired) electrons. The van der Waals surface area contributed by atoms with Crippen molar-refractivity contribution in [2.45, 2.75) is 39.2 Å². The number of rotatable bonds is 4. The third-order valence-electron chi connectivity index (χ3n) is 4.53. The molecule has 0 aromatic heterocycles. The van der Waals surface area contributed by atoms with Crippen LogP contribution < -0.4 is 5.32 Å². The van der Waals surface area contributed by atoms with Crippen LogP contribution in [-0.2, 0) is 4.74 Å². The van der Waals surface area contributed by atoms with Crippen molar-refractivity contribution < 1.29 is 4.74 Å². The average Bonchev–Trinajstić information content (AvgIpc) is 2.40. The Morgan fingerprint density at radius 1 is 1.35 bits per heavy atom. The highest BCUT2D eigenvalue weighted by Crippen LogP contribution is 2.21. The molecule has 2 heterocycles. The van der Waals surface area contributed by atoms with Crippen LogP contribution in [0.4, 0.5) is 0 Å². The average molecular weight is 240 g/mol. The zero-order valence-electron chi connectivity index (χ0n) is 11.5. The lowest BCUT2D eigenvalue weighted by Gasteiger charge is -2.41. The minimum atomic E-state index is 0.747. The molecule has 2 atom stereocenters. The molecule has 0 amide bonds. The molecule has 1 N–H and O–H groups in total. The van der Waals surface area contributed by atoms with Crippen molar-refractivity contribution in [3.05, 3.63) is 0 Å². The second kappa shape index (κ2) is 6.72. The molecule has 2 aliphatic rings. The molecule has 0 aromatic carbocycles. The summed E-state index contributed by atoms with van der Waals surface area (Å²) in [6.07, 6.45) is 3.81. The molecule has 0 saturated carbocycles. The Hall–Kier alpha value is -0.120. The Bertz CT molecular complexity index is 216. The molecule has 0 aromatic rings. The highest BCUT2D eigenvalue weighted by molar-refractivity contribution is 4.84. The maximum Gasteiger partial charge on any atom is 0.0469 e. The number of nitrogens with one attached hydrogen (secondary N) is 1. The lowest BCUT2D eigenvalue weighted by atomic mass is 9.93. The van der Waals surface area contributed by atoms with Crippen molar-refractivity contribution in [2.75, 3.05) is 39.4 Å². The van der Waals surface area contributed by atoms with E-state index < -0.39 is 0 Å². The maximum atomic E-state index is 5.45. The smallest absolute Gasteiger partial charge is 0.0469 e. The first kappa shape index (κ1) is 13.3. The molecule has 3 heteroatoms. The SMILES string of the molecule is CCC(C)C1CNCCN1CC1CCOCC1.